The molecule has 0 bridgehead atoms. The number of rotatable bonds is 5. The molecular formula is C22H20Cl2N6O2. The van der Waals surface area contributed by atoms with Crippen LogP contribution in [0.15, 0.2) is 48.9 Å². The van der Waals surface area contributed by atoms with E-state index in [1.54, 1.807) is 26.4 Å². The molecule has 0 aliphatic rings. The quantitative estimate of drug-likeness (QED) is 0.397. The number of benzene rings is 1. The minimum absolute atomic E-state index is 0.249. The first-order chi connectivity index (χ1) is 15.3. The van der Waals surface area contributed by atoms with Crippen molar-refractivity contribution in [1.82, 2.24) is 25.1 Å². The molecule has 3 aromatic heterocycles. The first-order valence-corrected chi connectivity index (χ1v) is 10.5. The number of aromatic nitrogens is 4. The fourth-order valence-corrected chi connectivity index (χ4v) is 3.86. The van der Waals surface area contributed by atoms with Gasteiger partial charge in [0.15, 0.2) is 0 Å². The second kappa shape index (κ2) is 9.02. The normalized spacial score (nSPS) is 11.9. The molecule has 8 nitrogen and oxygen atoms in total. The highest BCUT2D eigenvalue weighted by atomic mass is 35.5. The Hall–Kier alpha value is -3.36. The number of urea groups is 1. The molecule has 3 heterocycles. The Labute approximate surface area is 194 Å². The molecule has 1 atom stereocenters. The summed E-state index contributed by atoms with van der Waals surface area (Å²) in [4.78, 5) is 21.5. The molecule has 0 saturated heterocycles. The third-order valence-electron chi connectivity index (χ3n) is 4.82. The zero-order valence-electron chi connectivity index (χ0n) is 17.6. The lowest BCUT2D eigenvalue weighted by Crippen LogP contribution is -2.27. The lowest BCUT2D eigenvalue weighted by atomic mass is 10.1. The molecule has 0 saturated carbocycles. The summed E-state index contributed by atoms with van der Waals surface area (Å²) in [5.74, 6) is 1.09. The van der Waals surface area contributed by atoms with Crippen molar-refractivity contribution in [3.05, 3.63) is 64.5 Å². The monoisotopic (exact) mass is 470 g/mol. The molecule has 164 valence electrons. The summed E-state index contributed by atoms with van der Waals surface area (Å²) < 4.78 is 6.11. The van der Waals surface area contributed by atoms with E-state index in [1.165, 1.54) is 17.3 Å². The Morgan fingerprint density at radius 3 is 2.53 bits per heavy atom. The van der Waals surface area contributed by atoms with Crippen molar-refractivity contribution < 1.29 is 9.53 Å². The molecular weight excluding hydrogens is 451 g/mol. The minimum atomic E-state index is -0.382. The van der Waals surface area contributed by atoms with Crippen molar-refractivity contribution >= 4 is 46.0 Å². The molecule has 0 aliphatic carbocycles. The summed E-state index contributed by atoms with van der Waals surface area (Å²) in [6, 6.07) is 8.97. The third kappa shape index (κ3) is 4.46. The van der Waals surface area contributed by atoms with Gasteiger partial charge in [-0.2, -0.15) is 5.10 Å². The minimum Gasteiger partial charge on any atom is -0.486 e. The van der Waals surface area contributed by atoms with Gasteiger partial charge in [-0.05, 0) is 37.3 Å². The summed E-state index contributed by atoms with van der Waals surface area (Å²) in [5, 5.41) is 11.9. The number of ether oxygens (including phenoxy) is 1. The summed E-state index contributed by atoms with van der Waals surface area (Å²) in [6.45, 7) is 1.87. The van der Waals surface area contributed by atoms with Gasteiger partial charge >= 0.3 is 6.03 Å². The predicted molar refractivity (Wildman–Crippen MR) is 125 cm³/mol. The number of H-pyrrole nitrogens is 1. The Bertz CT molecular complexity index is 1250. The van der Waals surface area contributed by atoms with Gasteiger partial charge in [0.2, 0.25) is 0 Å². The molecule has 1 aromatic carbocycles. The Morgan fingerprint density at radius 2 is 1.88 bits per heavy atom. The average molecular weight is 471 g/mol. The molecule has 4 aromatic rings. The maximum absolute atomic E-state index is 11.8. The Morgan fingerprint density at radius 1 is 1.12 bits per heavy atom. The number of carbonyl (C=O) groups excluding carboxylic acids is 1. The van der Waals surface area contributed by atoms with Gasteiger partial charge in [0.1, 0.15) is 23.4 Å². The number of fused-ring (bicyclic) bond motifs is 1. The van der Waals surface area contributed by atoms with Gasteiger partial charge in [0.05, 0.1) is 15.6 Å². The molecule has 0 aliphatic heterocycles. The second-order valence-electron chi connectivity index (χ2n) is 7.31. The van der Waals surface area contributed by atoms with Crippen LogP contribution in [-0.4, -0.2) is 45.2 Å². The highest BCUT2D eigenvalue weighted by Gasteiger charge is 2.17. The largest absolute Gasteiger partial charge is 0.486 e. The number of hydrogen-bond donors (Lipinski definition) is 2. The van der Waals surface area contributed by atoms with Crippen LogP contribution >= 0.6 is 23.2 Å². The van der Waals surface area contributed by atoms with Crippen LogP contribution in [0.1, 0.15) is 18.6 Å². The van der Waals surface area contributed by atoms with Crippen LogP contribution < -0.4 is 10.1 Å². The average Bonchev–Trinajstić information content (AvgIpc) is 3.17. The van der Waals surface area contributed by atoms with Gasteiger partial charge in [0, 0.05) is 49.2 Å². The summed E-state index contributed by atoms with van der Waals surface area (Å²) in [7, 11) is 3.33. The van der Waals surface area contributed by atoms with E-state index in [9.17, 15) is 4.79 Å². The maximum atomic E-state index is 11.8. The summed E-state index contributed by atoms with van der Waals surface area (Å²) in [5.41, 5.74) is 3.04. The molecule has 10 heteroatoms. The molecule has 2 amide bonds. The molecule has 0 spiro atoms. The number of nitrogens with one attached hydrogen (secondary N) is 2. The zero-order chi connectivity index (χ0) is 22.8. The Balaban J connectivity index is 1.60. The van der Waals surface area contributed by atoms with E-state index in [1.807, 2.05) is 31.2 Å². The predicted octanol–water partition coefficient (Wildman–Crippen LogP) is 5.56. The van der Waals surface area contributed by atoms with Gasteiger partial charge in [-0.3, -0.25) is 15.4 Å². The number of halogens is 2. The van der Waals surface area contributed by atoms with Crippen molar-refractivity contribution in [3.63, 3.8) is 0 Å². The van der Waals surface area contributed by atoms with E-state index < -0.39 is 0 Å². The van der Waals surface area contributed by atoms with Crippen LogP contribution in [0.5, 0.6) is 5.75 Å². The van der Waals surface area contributed by atoms with E-state index in [2.05, 4.69) is 25.5 Å². The van der Waals surface area contributed by atoms with Crippen molar-refractivity contribution in [2.24, 2.45) is 0 Å². The van der Waals surface area contributed by atoms with Gasteiger partial charge < -0.3 is 9.64 Å². The first-order valence-electron chi connectivity index (χ1n) is 9.72. The number of hydrogen-bond acceptors (Lipinski definition) is 5. The number of amides is 2. The van der Waals surface area contributed by atoms with Crippen LogP contribution in [0.4, 0.5) is 10.6 Å². The van der Waals surface area contributed by atoms with Crippen LogP contribution in [0.3, 0.4) is 0 Å². The van der Waals surface area contributed by atoms with E-state index in [0.717, 1.165) is 22.2 Å². The molecule has 2 N–H and O–H groups in total. The number of carbonyl (C=O) groups is 1. The first kappa shape index (κ1) is 21.9. The van der Waals surface area contributed by atoms with Gasteiger partial charge in [-0.15, -0.1) is 0 Å². The topological polar surface area (TPSA) is 96.0 Å². The third-order valence-corrected chi connectivity index (χ3v) is 5.42. The van der Waals surface area contributed by atoms with Crippen molar-refractivity contribution in [2.75, 3.05) is 19.4 Å². The highest BCUT2D eigenvalue weighted by molar-refractivity contribution is 6.35. The number of nitrogens with zero attached hydrogens (tertiary/aromatic N) is 4. The van der Waals surface area contributed by atoms with E-state index in [0.29, 0.717) is 27.2 Å². The molecule has 4 rings (SSSR count). The second-order valence-corrected chi connectivity index (χ2v) is 8.13. The SMILES string of the molecule is C[C@@H](Oc1ccc2[nH]nc(-c3ccc(NC(=O)N(C)C)nc3)c2c1)c1c(Cl)cncc1Cl. The Kier molecular flexibility index (Phi) is 6.16. The summed E-state index contributed by atoms with van der Waals surface area (Å²) >= 11 is 12.5. The van der Waals surface area contributed by atoms with Crippen molar-refractivity contribution in [1.29, 1.82) is 0 Å². The number of anilines is 1. The van der Waals surface area contributed by atoms with E-state index in [-0.39, 0.29) is 12.1 Å². The molecule has 32 heavy (non-hydrogen) atoms. The molecule has 0 radical (unpaired) electrons. The van der Waals surface area contributed by atoms with Gasteiger partial charge in [-0.1, -0.05) is 23.2 Å². The number of pyridine rings is 2. The van der Waals surface area contributed by atoms with Crippen molar-refractivity contribution in [2.45, 2.75) is 13.0 Å². The molecule has 0 unspecified atom stereocenters. The van der Waals surface area contributed by atoms with Crippen molar-refractivity contribution in [3.8, 4) is 17.0 Å². The van der Waals surface area contributed by atoms with E-state index >= 15 is 0 Å². The van der Waals surface area contributed by atoms with Crippen LogP contribution in [0.25, 0.3) is 22.2 Å². The van der Waals surface area contributed by atoms with Gasteiger partial charge in [-0.25, -0.2) is 9.78 Å². The lowest BCUT2D eigenvalue weighted by molar-refractivity contribution is 0.227. The van der Waals surface area contributed by atoms with Gasteiger partial charge in [0.25, 0.3) is 0 Å². The van der Waals surface area contributed by atoms with Crippen LogP contribution in [0, 0.1) is 0 Å². The standard InChI is InChI=1S/C22H20Cl2N6O2/c1-12(20-16(23)10-25-11-17(20)24)32-14-5-6-18-15(8-14)21(29-28-18)13-4-7-19(26-9-13)27-22(31)30(2)3/h4-12H,1-3H3,(H,28,29)(H,26,27,31)/t12-/m1/s1. The fraction of sp³-hybridized carbons (Fsp3) is 0.182. The molecule has 0 fully saturated rings. The van der Waals surface area contributed by atoms with Crippen LogP contribution in [0.2, 0.25) is 10.0 Å². The smallest absolute Gasteiger partial charge is 0.322 e. The number of aromatic amines is 1. The zero-order valence-corrected chi connectivity index (χ0v) is 19.1. The highest BCUT2D eigenvalue weighted by Crippen LogP contribution is 2.34. The van der Waals surface area contributed by atoms with Crippen LogP contribution in [-0.2, 0) is 0 Å². The maximum Gasteiger partial charge on any atom is 0.322 e. The summed E-state index contributed by atoms with van der Waals surface area (Å²) in [6.07, 6.45) is 4.36. The fourth-order valence-electron chi connectivity index (χ4n) is 3.19. The van der Waals surface area contributed by atoms with E-state index in [4.69, 9.17) is 27.9 Å². The lowest BCUT2D eigenvalue weighted by Gasteiger charge is -2.17.